The van der Waals surface area contributed by atoms with Crippen LogP contribution >= 0.6 is 23.4 Å². The van der Waals surface area contributed by atoms with Crippen LogP contribution < -0.4 is 5.32 Å². The molecule has 1 amide bonds. The molecule has 0 aliphatic carbocycles. The summed E-state index contributed by atoms with van der Waals surface area (Å²) in [5.74, 6) is -0.126. The topological polar surface area (TPSA) is 59.8 Å². The molecule has 0 saturated heterocycles. The number of benzene rings is 1. The van der Waals surface area contributed by atoms with Gasteiger partial charge in [0.1, 0.15) is 0 Å². The van der Waals surface area contributed by atoms with Crippen molar-refractivity contribution >= 4 is 29.3 Å². The molecule has 3 rings (SSSR count). The molecule has 3 aromatic rings. The van der Waals surface area contributed by atoms with E-state index in [1.807, 2.05) is 49.6 Å². The van der Waals surface area contributed by atoms with Crippen LogP contribution in [-0.4, -0.2) is 26.9 Å². The maximum Gasteiger partial charge on any atom is 0.255 e. The molecule has 0 saturated carbocycles. The lowest BCUT2D eigenvalue weighted by atomic mass is 10.0. The standard InChI is InChI=1S/C21H23ClN4OS/c1-4-5-19(15-10-11-23-20(12-15)28-3)25-21(27)18-13-24-26(14(18)2)17-8-6-16(22)7-9-17/h6-13,19H,4-5H2,1-3H3,(H,25,27). The zero-order chi connectivity index (χ0) is 20.1. The number of pyridine rings is 1. The van der Waals surface area contributed by atoms with E-state index in [2.05, 4.69) is 22.3 Å². The number of nitrogens with zero attached hydrogens (tertiary/aromatic N) is 3. The van der Waals surface area contributed by atoms with Gasteiger partial charge >= 0.3 is 0 Å². The van der Waals surface area contributed by atoms with Crippen molar-refractivity contribution in [2.75, 3.05) is 6.26 Å². The van der Waals surface area contributed by atoms with Crippen LogP contribution in [0.5, 0.6) is 0 Å². The highest BCUT2D eigenvalue weighted by molar-refractivity contribution is 7.98. The Morgan fingerprint density at radius 3 is 2.71 bits per heavy atom. The third-order valence-electron chi connectivity index (χ3n) is 4.58. The third-order valence-corrected chi connectivity index (χ3v) is 5.47. The number of aromatic nitrogens is 3. The Hall–Kier alpha value is -2.31. The molecule has 0 radical (unpaired) electrons. The molecule has 2 aromatic heterocycles. The van der Waals surface area contributed by atoms with Crippen LogP contribution in [-0.2, 0) is 0 Å². The normalized spacial score (nSPS) is 12.0. The monoisotopic (exact) mass is 414 g/mol. The van der Waals surface area contributed by atoms with Crippen molar-refractivity contribution in [1.82, 2.24) is 20.1 Å². The van der Waals surface area contributed by atoms with E-state index in [1.54, 1.807) is 28.8 Å². The molecule has 0 fully saturated rings. The Morgan fingerprint density at radius 2 is 2.04 bits per heavy atom. The van der Waals surface area contributed by atoms with E-state index in [1.165, 1.54) is 0 Å². The van der Waals surface area contributed by atoms with Crippen molar-refractivity contribution in [1.29, 1.82) is 0 Å². The molecular formula is C21H23ClN4OS. The Morgan fingerprint density at radius 1 is 1.29 bits per heavy atom. The predicted octanol–water partition coefficient (Wildman–Crippen LogP) is 5.22. The van der Waals surface area contributed by atoms with E-state index in [0.29, 0.717) is 10.6 Å². The SMILES string of the molecule is CCCC(NC(=O)c1cnn(-c2ccc(Cl)cc2)c1C)c1ccnc(SC)c1. The first-order chi connectivity index (χ1) is 13.5. The summed E-state index contributed by atoms with van der Waals surface area (Å²) >= 11 is 7.55. The molecule has 2 heterocycles. The van der Waals surface area contributed by atoms with E-state index < -0.39 is 0 Å². The van der Waals surface area contributed by atoms with Gasteiger partial charge in [0.25, 0.3) is 5.91 Å². The Balaban J connectivity index is 1.83. The fourth-order valence-corrected chi connectivity index (χ4v) is 3.62. The van der Waals surface area contributed by atoms with Crippen LogP contribution in [0.1, 0.15) is 47.4 Å². The van der Waals surface area contributed by atoms with E-state index in [9.17, 15) is 4.79 Å². The van der Waals surface area contributed by atoms with Gasteiger partial charge in [0.05, 0.1) is 34.2 Å². The molecule has 1 aromatic carbocycles. The largest absolute Gasteiger partial charge is 0.345 e. The minimum absolute atomic E-state index is 0.0651. The summed E-state index contributed by atoms with van der Waals surface area (Å²) in [5, 5.41) is 9.16. The minimum atomic E-state index is -0.126. The maximum absolute atomic E-state index is 13.0. The fraction of sp³-hybridized carbons (Fsp3) is 0.286. The number of rotatable bonds is 7. The summed E-state index contributed by atoms with van der Waals surface area (Å²) in [4.78, 5) is 17.3. The van der Waals surface area contributed by atoms with Crippen molar-refractivity contribution in [3.8, 4) is 5.69 Å². The van der Waals surface area contributed by atoms with Gasteiger partial charge in [-0.3, -0.25) is 4.79 Å². The van der Waals surface area contributed by atoms with E-state index >= 15 is 0 Å². The molecular weight excluding hydrogens is 392 g/mol. The quantitative estimate of drug-likeness (QED) is 0.538. The summed E-state index contributed by atoms with van der Waals surface area (Å²) in [6.07, 6.45) is 7.22. The van der Waals surface area contributed by atoms with Gasteiger partial charge in [-0.15, -0.1) is 11.8 Å². The van der Waals surface area contributed by atoms with E-state index in [4.69, 9.17) is 11.6 Å². The molecule has 0 bridgehead atoms. The Labute approximate surface area is 174 Å². The average molecular weight is 415 g/mol. The van der Waals surface area contributed by atoms with Crippen molar-refractivity contribution in [3.05, 3.63) is 70.6 Å². The number of nitrogens with one attached hydrogen (secondary N) is 1. The second kappa shape index (κ2) is 9.26. The maximum atomic E-state index is 13.0. The van der Waals surface area contributed by atoms with Gasteiger partial charge in [-0.25, -0.2) is 9.67 Å². The number of carbonyl (C=O) groups is 1. The number of hydrogen-bond donors (Lipinski definition) is 1. The van der Waals surface area contributed by atoms with Crippen LogP contribution in [0.25, 0.3) is 5.69 Å². The second-order valence-electron chi connectivity index (χ2n) is 6.48. The lowest BCUT2D eigenvalue weighted by Gasteiger charge is -2.19. The number of hydrogen-bond acceptors (Lipinski definition) is 4. The van der Waals surface area contributed by atoms with E-state index in [0.717, 1.165) is 34.8 Å². The number of thioether (sulfide) groups is 1. The van der Waals surface area contributed by atoms with Gasteiger partial charge in [-0.05, 0) is 61.6 Å². The minimum Gasteiger partial charge on any atom is -0.345 e. The first-order valence-corrected chi connectivity index (χ1v) is 10.7. The van der Waals surface area contributed by atoms with Gasteiger partial charge in [0.2, 0.25) is 0 Å². The zero-order valence-electron chi connectivity index (χ0n) is 16.1. The summed E-state index contributed by atoms with van der Waals surface area (Å²) < 4.78 is 1.75. The lowest BCUT2D eigenvalue weighted by Crippen LogP contribution is -2.29. The number of amides is 1. The Kier molecular flexibility index (Phi) is 6.75. The summed E-state index contributed by atoms with van der Waals surface area (Å²) in [5.41, 5.74) is 3.28. The highest BCUT2D eigenvalue weighted by Crippen LogP contribution is 2.23. The van der Waals surface area contributed by atoms with Crippen molar-refractivity contribution < 1.29 is 4.79 Å². The van der Waals surface area contributed by atoms with Crippen molar-refractivity contribution in [3.63, 3.8) is 0 Å². The lowest BCUT2D eigenvalue weighted by molar-refractivity contribution is 0.0933. The van der Waals surface area contributed by atoms with Crippen LogP contribution in [0.4, 0.5) is 0 Å². The Bertz CT molecular complexity index is 955. The van der Waals surface area contributed by atoms with Gasteiger partial charge in [-0.2, -0.15) is 5.10 Å². The molecule has 0 spiro atoms. The van der Waals surface area contributed by atoms with Gasteiger partial charge < -0.3 is 5.32 Å². The van der Waals surface area contributed by atoms with Gasteiger partial charge in [0, 0.05) is 11.2 Å². The molecule has 5 nitrogen and oxygen atoms in total. The molecule has 0 aliphatic heterocycles. The summed E-state index contributed by atoms with van der Waals surface area (Å²) in [7, 11) is 0. The molecule has 146 valence electrons. The fourth-order valence-electron chi connectivity index (χ4n) is 3.08. The molecule has 1 atom stereocenters. The average Bonchev–Trinajstić information content (AvgIpc) is 3.09. The number of halogens is 1. The summed E-state index contributed by atoms with van der Waals surface area (Å²) in [6.45, 7) is 4.00. The predicted molar refractivity (Wildman–Crippen MR) is 114 cm³/mol. The first-order valence-electron chi connectivity index (χ1n) is 9.14. The van der Waals surface area contributed by atoms with Crippen molar-refractivity contribution in [2.24, 2.45) is 0 Å². The van der Waals surface area contributed by atoms with Gasteiger partial charge in [-0.1, -0.05) is 24.9 Å². The highest BCUT2D eigenvalue weighted by atomic mass is 35.5. The third kappa shape index (κ3) is 4.56. The van der Waals surface area contributed by atoms with Crippen LogP contribution in [0, 0.1) is 6.92 Å². The molecule has 28 heavy (non-hydrogen) atoms. The van der Waals surface area contributed by atoms with Crippen LogP contribution in [0.15, 0.2) is 53.8 Å². The molecule has 7 heteroatoms. The van der Waals surface area contributed by atoms with Crippen LogP contribution in [0.2, 0.25) is 5.02 Å². The van der Waals surface area contributed by atoms with Gasteiger partial charge in [0.15, 0.2) is 0 Å². The smallest absolute Gasteiger partial charge is 0.255 e. The molecule has 1 N–H and O–H groups in total. The van der Waals surface area contributed by atoms with Crippen molar-refractivity contribution in [2.45, 2.75) is 37.8 Å². The second-order valence-corrected chi connectivity index (χ2v) is 7.74. The number of carbonyl (C=O) groups excluding carboxylic acids is 1. The first kappa shape index (κ1) is 20.4. The zero-order valence-corrected chi connectivity index (χ0v) is 17.7. The highest BCUT2D eigenvalue weighted by Gasteiger charge is 2.20. The van der Waals surface area contributed by atoms with E-state index in [-0.39, 0.29) is 11.9 Å². The summed E-state index contributed by atoms with van der Waals surface area (Å²) in [6, 6.07) is 11.3. The molecule has 1 unspecified atom stereocenters. The van der Waals surface area contributed by atoms with Crippen LogP contribution in [0.3, 0.4) is 0 Å². The molecule has 0 aliphatic rings.